The fourth-order valence-electron chi connectivity index (χ4n) is 3.67. The number of anilines is 1. The first kappa shape index (κ1) is 16.4. The first-order chi connectivity index (χ1) is 13.8. The van der Waals surface area contributed by atoms with E-state index in [2.05, 4.69) is 33.1 Å². The summed E-state index contributed by atoms with van der Waals surface area (Å²) >= 11 is 0. The molecule has 0 radical (unpaired) electrons. The van der Waals surface area contributed by atoms with Crippen molar-refractivity contribution in [2.24, 2.45) is 0 Å². The number of carbonyl (C=O) groups excluding carboxylic acids is 1. The van der Waals surface area contributed by atoms with Gasteiger partial charge in [0, 0.05) is 46.4 Å². The van der Waals surface area contributed by atoms with Gasteiger partial charge >= 0.3 is 0 Å². The van der Waals surface area contributed by atoms with Crippen LogP contribution in [0.1, 0.15) is 15.9 Å². The van der Waals surface area contributed by atoms with Crippen LogP contribution in [0.5, 0.6) is 0 Å². The molecular weight excluding hydrogens is 346 g/mol. The van der Waals surface area contributed by atoms with E-state index in [0.717, 1.165) is 34.0 Å². The van der Waals surface area contributed by atoms with Gasteiger partial charge in [-0.3, -0.25) is 4.79 Å². The normalized spacial score (nSPS) is 11.1. The Bertz CT molecular complexity index is 1280. The zero-order valence-electron chi connectivity index (χ0n) is 15.2. The highest BCUT2D eigenvalue weighted by atomic mass is 16.1. The Morgan fingerprint density at radius 1 is 0.929 bits per heavy atom. The number of para-hydroxylation sites is 1. The molecule has 5 aromatic rings. The summed E-state index contributed by atoms with van der Waals surface area (Å²) in [5, 5.41) is 5.07. The van der Waals surface area contributed by atoms with Crippen molar-refractivity contribution in [1.82, 2.24) is 9.55 Å². The van der Waals surface area contributed by atoms with E-state index in [1.54, 1.807) is 0 Å². The summed E-state index contributed by atoms with van der Waals surface area (Å²) in [6, 6.07) is 26.2. The number of nitrogens with one attached hydrogen (secondary N) is 2. The summed E-state index contributed by atoms with van der Waals surface area (Å²) in [4.78, 5) is 16.2. The van der Waals surface area contributed by atoms with Gasteiger partial charge in [0.05, 0.1) is 5.56 Å². The third-order valence-corrected chi connectivity index (χ3v) is 5.04. The highest BCUT2D eigenvalue weighted by Crippen LogP contribution is 2.24. The van der Waals surface area contributed by atoms with Crippen molar-refractivity contribution in [3.8, 4) is 0 Å². The monoisotopic (exact) mass is 365 g/mol. The van der Waals surface area contributed by atoms with E-state index >= 15 is 0 Å². The third kappa shape index (κ3) is 2.95. The van der Waals surface area contributed by atoms with Gasteiger partial charge in [-0.1, -0.05) is 48.5 Å². The number of amides is 1. The Hall–Kier alpha value is -3.79. The van der Waals surface area contributed by atoms with Crippen molar-refractivity contribution in [2.45, 2.75) is 6.54 Å². The molecule has 0 aliphatic rings. The molecule has 5 rings (SSSR count). The molecule has 0 aliphatic heterocycles. The summed E-state index contributed by atoms with van der Waals surface area (Å²) in [5.41, 5.74) is 4.78. The molecule has 0 saturated carbocycles. The number of nitrogens with zero attached hydrogens (tertiary/aromatic N) is 1. The van der Waals surface area contributed by atoms with Crippen LogP contribution >= 0.6 is 0 Å². The number of benzene rings is 3. The smallest absolute Gasteiger partial charge is 0.257 e. The lowest BCUT2D eigenvalue weighted by Gasteiger charge is -2.05. The molecule has 2 heterocycles. The Balaban J connectivity index is 1.50. The van der Waals surface area contributed by atoms with Crippen molar-refractivity contribution in [2.75, 3.05) is 5.32 Å². The molecule has 4 heteroatoms. The minimum Gasteiger partial charge on any atom is -0.361 e. The van der Waals surface area contributed by atoms with Gasteiger partial charge in [-0.25, -0.2) is 0 Å². The molecule has 2 N–H and O–H groups in total. The number of hydrogen-bond donors (Lipinski definition) is 2. The first-order valence-corrected chi connectivity index (χ1v) is 9.28. The summed E-state index contributed by atoms with van der Waals surface area (Å²) in [5.74, 6) is -0.0992. The molecule has 2 aromatic heterocycles. The average molecular weight is 365 g/mol. The molecule has 28 heavy (non-hydrogen) atoms. The molecular formula is C24H19N3O. The van der Waals surface area contributed by atoms with Crippen LogP contribution in [0.2, 0.25) is 0 Å². The highest BCUT2D eigenvalue weighted by molar-refractivity contribution is 6.13. The summed E-state index contributed by atoms with van der Waals surface area (Å²) in [6.45, 7) is 0.726. The molecule has 0 unspecified atom stereocenters. The van der Waals surface area contributed by atoms with Gasteiger partial charge in [-0.05, 0) is 35.9 Å². The van der Waals surface area contributed by atoms with E-state index < -0.39 is 0 Å². The van der Waals surface area contributed by atoms with Crippen LogP contribution in [-0.2, 0) is 6.54 Å². The fraction of sp³-hybridized carbons (Fsp3) is 0.0417. The van der Waals surface area contributed by atoms with E-state index in [1.807, 2.05) is 73.1 Å². The standard InChI is InChI=1S/C24H19N3O/c28-24(26-19-10-11-22-18(14-19)12-13-25-22)21-16-27(15-17-6-2-1-3-7-17)23-9-5-4-8-20(21)23/h1-14,16,25H,15H2,(H,26,28). The van der Waals surface area contributed by atoms with Crippen molar-refractivity contribution in [3.63, 3.8) is 0 Å². The van der Waals surface area contributed by atoms with E-state index in [0.29, 0.717) is 5.56 Å². The molecule has 1 amide bonds. The lowest BCUT2D eigenvalue weighted by molar-refractivity contribution is 0.102. The molecule has 0 bridgehead atoms. The maximum atomic E-state index is 13.0. The van der Waals surface area contributed by atoms with Crippen LogP contribution in [0.4, 0.5) is 5.69 Å². The summed E-state index contributed by atoms with van der Waals surface area (Å²) in [6.07, 6.45) is 3.84. The van der Waals surface area contributed by atoms with Gasteiger partial charge < -0.3 is 14.9 Å². The number of H-pyrrole nitrogens is 1. The maximum absolute atomic E-state index is 13.0. The van der Waals surface area contributed by atoms with E-state index in [1.165, 1.54) is 5.56 Å². The van der Waals surface area contributed by atoms with Crippen LogP contribution in [-0.4, -0.2) is 15.5 Å². The molecule has 0 spiro atoms. The average Bonchev–Trinajstić information content (AvgIpc) is 3.33. The molecule has 136 valence electrons. The zero-order valence-corrected chi connectivity index (χ0v) is 15.2. The van der Waals surface area contributed by atoms with E-state index in [9.17, 15) is 4.79 Å². The quantitative estimate of drug-likeness (QED) is 0.439. The van der Waals surface area contributed by atoms with Crippen LogP contribution in [0.25, 0.3) is 21.8 Å². The Morgan fingerprint density at radius 2 is 1.75 bits per heavy atom. The Kier molecular flexibility index (Phi) is 3.95. The first-order valence-electron chi connectivity index (χ1n) is 9.28. The topological polar surface area (TPSA) is 49.8 Å². The molecule has 0 aliphatic carbocycles. The summed E-state index contributed by atoms with van der Waals surface area (Å²) in [7, 11) is 0. The van der Waals surface area contributed by atoms with Gasteiger partial charge in [0.15, 0.2) is 0 Å². The predicted molar refractivity (Wildman–Crippen MR) is 114 cm³/mol. The number of rotatable bonds is 4. The number of aromatic amines is 1. The van der Waals surface area contributed by atoms with Crippen LogP contribution in [0.15, 0.2) is 91.3 Å². The van der Waals surface area contributed by atoms with Crippen molar-refractivity contribution in [1.29, 1.82) is 0 Å². The highest BCUT2D eigenvalue weighted by Gasteiger charge is 2.15. The van der Waals surface area contributed by atoms with Crippen molar-refractivity contribution in [3.05, 3.63) is 102 Å². The Morgan fingerprint density at radius 3 is 2.64 bits per heavy atom. The SMILES string of the molecule is O=C(Nc1ccc2[nH]ccc2c1)c1cn(Cc2ccccc2)c2ccccc12. The van der Waals surface area contributed by atoms with Gasteiger partial charge in [-0.15, -0.1) is 0 Å². The molecule has 4 nitrogen and oxygen atoms in total. The minimum atomic E-state index is -0.0992. The molecule has 0 fully saturated rings. The van der Waals surface area contributed by atoms with Gasteiger partial charge in [-0.2, -0.15) is 0 Å². The van der Waals surface area contributed by atoms with E-state index in [4.69, 9.17) is 0 Å². The molecule has 0 saturated heterocycles. The minimum absolute atomic E-state index is 0.0992. The lowest BCUT2D eigenvalue weighted by atomic mass is 10.1. The van der Waals surface area contributed by atoms with Gasteiger partial charge in [0.2, 0.25) is 0 Å². The van der Waals surface area contributed by atoms with Gasteiger partial charge in [0.25, 0.3) is 5.91 Å². The molecule has 0 atom stereocenters. The van der Waals surface area contributed by atoms with Gasteiger partial charge in [0.1, 0.15) is 0 Å². The fourth-order valence-corrected chi connectivity index (χ4v) is 3.67. The van der Waals surface area contributed by atoms with Crippen molar-refractivity contribution < 1.29 is 4.79 Å². The zero-order chi connectivity index (χ0) is 18.9. The number of fused-ring (bicyclic) bond motifs is 2. The molecule has 3 aromatic carbocycles. The predicted octanol–water partition coefficient (Wildman–Crippen LogP) is 5.42. The third-order valence-electron chi connectivity index (χ3n) is 5.04. The van der Waals surface area contributed by atoms with Crippen LogP contribution < -0.4 is 5.32 Å². The summed E-state index contributed by atoms with van der Waals surface area (Å²) < 4.78 is 2.13. The number of aromatic nitrogens is 2. The van der Waals surface area contributed by atoms with Crippen LogP contribution in [0.3, 0.4) is 0 Å². The number of carbonyl (C=O) groups is 1. The second-order valence-electron chi connectivity index (χ2n) is 6.91. The van der Waals surface area contributed by atoms with Crippen LogP contribution in [0, 0.1) is 0 Å². The number of hydrogen-bond acceptors (Lipinski definition) is 1. The maximum Gasteiger partial charge on any atom is 0.257 e. The van der Waals surface area contributed by atoms with Crippen molar-refractivity contribution >= 4 is 33.4 Å². The second kappa shape index (κ2) is 6.74. The lowest BCUT2D eigenvalue weighted by Crippen LogP contribution is -2.11. The Labute approximate surface area is 162 Å². The van der Waals surface area contributed by atoms with E-state index in [-0.39, 0.29) is 5.91 Å². The second-order valence-corrected chi connectivity index (χ2v) is 6.91. The largest absolute Gasteiger partial charge is 0.361 e.